The van der Waals surface area contributed by atoms with Gasteiger partial charge in [0.25, 0.3) is 5.91 Å². The van der Waals surface area contributed by atoms with Crippen molar-refractivity contribution in [2.45, 2.75) is 92.1 Å². The lowest BCUT2D eigenvalue weighted by Gasteiger charge is -2.54. The van der Waals surface area contributed by atoms with Gasteiger partial charge in [0.15, 0.2) is 17.8 Å². The zero-order chi connectivity index (χ0) is 51.9. The van der Waals surface area contributed by atoms with Crippen LogP contribution in [0.15, 0.2) is 47.0 Å². The molecule has 2 saturated heterocycles. The number of carbonyl (C=O) groups is 5. The van der Waals surface area contributed by atoms with Crippen LogP contribution in [0.2, 0.25) is 0 Å². The standard InChI is InChI=1S/C42H55N13O7.C7H10N2O/c1-6-29-34(62-25(4)48-29)38(58)51-41-49-30-17-26(35(44)56)19-32(60-14-9-10-52-21-42(22-52)23-53(13-15-61-42)39(59)28(43)16-24(2)3)33(30)54(41)11-7-8-12-55-37-31(50-40(55)46-5)18-27(20-47-37)36(45)57;1-3-9-7(5-10)4-6(2)8-9/h7-8,17-20,24,28H,6,9-16,21-23,43H2,1-5H3,(H2,44,56)(H2,45,57)(H,46,50)(H,49,51,58);4-5H,3H2,1-2H3/b8-7+;. The van der Waals surface area contributed by atoms with E-state index >= 15 is 0 Å². The number of ether oxygens (including phenoxy) is 2. The molecule has 23 nitrogen and oxygen atoms in total. The number of likely N-dealkylation sites (tertiary alicyclic amines) is 1. The minimum Gasteiger partial charge on any atom is -0.491 e. The Morgan fingerprint density at radius 1 is 0.931 bits per heavy atom. The highest BCUT2D eigenvalue weighted by atomic mass is 16.5. The van der Waals surface area contributed by atoms with Crippen LogP contribution in [0.25, 0.3) is 22.2 Å². The SMILES string of the molecule is CCc1nc(C)oc1C(=O)Nc1nc2cc(C(N)=O)cc(OCCCN3CC4(C3)CN(C(=O)C(N)CC(C)C)CCO4)c2n1C/C=C/Cn1c(NC)nc2cc(C(N)=O)cnc21.CCn1nc(C)cc1C=O. The fraction of sp³-hybridized carbons (Fsp3) is 0.469. The average molecular weight is 992 g/mol. The third-order valence-electron chi connectivity index (χ3n) is 12.4. The Kier molecular flexibility index (Phi) is 16.5. The van der Waals surface area contributed by atoms with Crippen LogP contribution < -0.4 is 32.6 Å². The van der Waals surface area contributed by atoms with Crippen molar-refractivity contribution in [2.75, 3.05) is 63.6 Å². The summed E-state index contributed by atoms with van der Waals surface area (Å²) in [5, 5.41) is 10.0. The van der Waals surface area contributed by atoms with E-state index in [2.05, 4.69) is 49.4 Å². The minimum absolute atomic E-state index is 0.0256. The molecule has 0 radical (unpaired) electrons. The third kappa shape index (κ3) is 11.8. The normalized spacial score (nSPS) is 14.9. The number of aryl methyl sites for hydroxylation is 4. The molecule has 1 unspecified atom stereocenters. The second kappa shape index (κ2) is 22.7. The molecule has 5 aromatic heterocycles. The lowest BCUT2D eigenvalue weighted by molar-refractivity contribution is -0.189. The average Bonchev–Trinajstić information content (AvgIpc) is 4.12. The van der Waals surface area contributed by atoms with Gasteiger partial charge in [-0.3, -0.25) is 43.4 Å². The van der Waals surface area contributed by atoms with Gasteiger partial charge < -0.3 is 45.9 Å². The number of aromatic nitrogens is 8. The lowest BCUT2D eigenvalue weighted by Crippen LogP contribution is -2.71. The highest BCUT2D eigenvalue weighted by Crippen LogP contribution is 2.33. The van der Waals surface area contributed by atoms with Gasteiger partial charge in [-0.05, 0) is 63.3 Å². The van der Waals surface area contributed by atoms with E-state index in [1.54, 1.807) is 47.5 Å². The number of amides is 4. The van der Waals surface area contributed by atoms with Crippen molar-refractivity contribution in [3.05, 3.63) is 82.5 Å². The van der Waals surface area contributed by atoms with Crippen LogP contribution >= 0.6 is 0 Å². The van der Waals surface area contributed by atoms with E-state index in [0.717, 1.165) is 18.5 Å². The summed E-state index contributed by atoms with van der Waals surface area (Å²) in [6.45, 7) is 16.7. The first-order valence-electron chi connectivity index (χ1n) is 24.1. The Labute approximate surface area is 416 Å². The molecular formula is C49H65N15O8. The summed E-state index contributed by atoms with van der Waals surface area (Å²) in [5.41, 5.74) is 21.5. The Morgan fingerprint density at radius 2 is 1.64 bits per heavy atom. The van der Waals surface area contributed by atoms with E-state index in [1.165, 1.54) is 6.20 Å². The van der Waals surface area contributed by atoms with Crippen LogP contribution in [0.3, 0.4) is 0 Å². The van der Waals surface area contributed by atoms with Gasteiger partial charge in [0.1, 0.15) is 28.1 Å². The largest absolute Gasteiger partial charge is 0.491 e. The van der Waals surface area contributed by atoms with Gasteiger partial charge >= 0.3 is 0 Å². The number of nitrogens with one attached hydrogen (secondary N) is 2. The second-order valence-electron chi connectivity index (χ2n) is 18.4. The molecule has 1 spiro atoms. The van der Waals surface area contributed by atoms with Crippen molar-refractivity contribution in [3.63, 3.8) is 0 Å². The van der Waals surface area contributed by atoms with E-state index in [9.17, 15) is 24.0 Å². The molecule has 2 fully saturated rings. The first kappa shape index (κ1) is 52.3. The predicted octanol–water partition coefficient (Wildman–Crippen LogP) is 3.47. The van der Waals surface area contributed by atoms with Crippen molar-refractivity contribution in [2.24, 2.45) is 23.1 Å². The second-order valence-corrected chi connectivity index (χ2v) is 18.4. The summed E-state index contributed by atoms with van der Waals surface area (Å²) < 4.78 is 23.6. The van der Waals surface area contributed by atoms with Gasteiger partial charge in [0, 0.05) is 71.5 Å². The molecule has 8 rings (SSSR count). The number of allylic oxidation sites excluding steroid dienone is 2. The molecule has 4 amide bonds. The van der Waals surface area contributed by atoms with E-state index in [-0.39, 0.29) is 35.3 Å². The maximum absolute atomic E-state index is 13.7. The molecule has 2 aliphatic rings. The van der Waals surface area contributed by atoms with Gasteiger partial charge in [0.05, 0.1) is 48.3 Å². The van der Waals surface area contributed by atoms with Crippen molar-refractivity contribution >= 4 is 64.0 Å². The van der Waals surface area contributed by atoms with E-state index < -0.39 is 29.4 Å². The molecule has 0 aliphatic carbocycles. The van der Waals surface area contributed by atoms with Crippen LogP contribution in [0, 0.1) is 19.8 Å². The fourth-order valence-electron chi connectivity index (χ4n) is 9.05. The number of nitrogens with zero attached hydrogens (tertiary/aromatic N) is 10. The van der Waals surface area contributed by atoms with Crippen molar-refractivity contribution in [3.8, 4) is 5.75 Å². The number of nitrogens with two attached hydrogens (primary N) is 3. The van der Waals surface area contributed by atoms with Gasteiger partial charge in [-0.1, -0.05) is 32.9 Å². The van der Waals surface area contributed by atoms with Crippen LogP contribution in [-0.2, 0) is 35.6 Å². The summed E-state index contributed by atoms with van der Waals surface area (Å²) in [5.74, 6) is 0.00317. The molecular weight excluding hydrogens is 927 g/mol. The Balaban J connectivity index is 0.000000679. The van der Waals surface area contributed by atoms with E-state index in [0.29, 0.717) is 129 Å². The van der Waals surface area contributed by atoms with E-state index in [1.807, 2.05) is 42.4 Å². The summed E-state index contributed by atoms with van der Waals surface area (Å²) >= 11 is 0. The van der Waals surface area contributed by atoms with Gasteiger partial charge in [-0.25, -0.2) is 19.9 Å². The first-order valence-corrected chi connectivity index (χ1v) is 24.1. The molecule has 384 valence electrons. The summed E-state index contributed by atoms with van der Waals surface area (Å²) in [6.07, 6.45) is 7.79. The number of fused-ring (bicyclic) bond motifs is 2. The third-order valence-corrected chi connectivity index (χ3v) is 12.4. The number of carbonyl (C=O) groups excluding carboxylic acids is 5. The summed E-state index contributed by atoms with van der Waals surface area (Å²) in [4.78, 5) is 83.6. The number of anilines is 2. The zero-order valence-corrected chi connectivity index (χ0v) is 41.9. The molecule has 0 saturated carbocycles. The number of aldehydes is 1. The number of pyridine rings is 1. The number of benzene rings is 1. The van der Waals surface area contributed by atoms with Gasteiger partial charge in [-0.15, -0.1) is 0 Å². The summed E-state index contributed by atoms with van der Waals surface area (Å²) in [6, 6.07) is 5.99. The molecule has 7 heterocycles. The van der Waals surface area contributed by atoms with Crippen molar-refractivity contribution in [1.29, 1.82) is 0 Å². The monoisotopic (exact) mass is 992 g/mol. The molecule has 23 heteroatoms. The zero-order valence-electron chi connectivity index (χ0n) is 41.9. The number of rotatable bonds is 20. The van der Waals surface area contributed by atoms with Crippen molar-refractivity contribution in [1.82, 2.24) is 48.7 Å². The van der Waals surface area contributed by atoms with Crippen molar-refractivity contribution < 1.29 is 37.9 Å². The van der Waals surface area contributed by atoms with Crippen LogP contribution in [0.4, 0.5) is 11.9 Å². The van der Waals surface area contributed by atoms with Crippen LogP contribution in [-0.4, -0.2) is 143 Å². The number of hydrogen-bond acceptors (Lipinski definition) is 16. The number of primary amides is 2. The maximum Gasteiger partial charge on any atom is 0.295 e. The Hall–Kier alpha value is -7.50. The molecule has 6 aromatic rings. The fourth-order valence-corrected chi connectivity index (χ4v) is 9.05. The van der Waals surface area contributed by atoms with Crippen LogP contribution in [0.1, 0.15) is 99.6 Å². The number of hydrogen-bond donors (Lipinski definition) is 5. The number of oxazole rings is 1. The maximum atomic E-state index is 13.7. The highest BCUT2D eigenvalue weighted by molar-refractivity contribution is 6.04. The Morgan fingerprint density at radius 3 is 2.29 bits per heavy atom. The lowest BCUT2D eigenvalue weighted by atomic mass is 9.91. The molecule has 1 aromatic carbocycles. The van der Waals surface area contributed by atoms with Gasteiger partial charge in [0.2, 0.25) is 35.4 Å². The van der Waals surface area contributed by atoms with Crippen LogP contribution in [0.5, 0.6) is 5.75 Å². The quantitative estimate of drug-likeness (QED) is 0.0416. The van der Waals surface area contributed by atoms with E-state index in [4.69, 9.17) is 36.1 Å². The molecule has 1 atom stereocenters. The molecule has 72 heavy (non-hydrogen) atoms. The first-order chi connectivity index (χ1) is 34.5. The molecule has 0 bridgehead atoms. The number of imidazole rings is 2. The highest BCUT2D eigenvalue weighted by Gasteiger charge is 2.48. The Bertz CT molecular complexity index is 2980. The molecule has 2 aliphatic heterocycles. The topological polar surface area (TPSA) is 305 Å². The minimum atomic E-state index is -0.665. The number of morpholine rings is 1. The molecule has 8 N–H and O–H groups in total. The van der Waals surface area contributed by atoms with Gasteiger partial charge in [-0.2, -0.15) is 5.10 Å². The smallest absolute Gasteiger partial charge is 0.295 e. The predicted molar refractivity (Wildman–Crippen MR) is 269 cm³/mol. The summed E-state index contributed by atoms with van der Waals surface area (Å²) in [7, 11) is 1.74.